The number of hydrogen-bond donors (Lipinski definition) is 1. The maximum atomic E-state index is 10.7. The second-order valence-corrected chi connectivity index (χ2v) is 2.86. The number of pyridine rings is 1. The lowest BCUT2D eigenvalue weighted by molar-refractivity contribution is -0.139. The van der Waals surface area contributed by atoms with E-state index in [0.29, 0.717) is 0 Å². The van der Waals surface area contributed by atoms with E-state index in [1.807, 2.05) is 18.3 Å². The molecule has 4 heteroatoms. The number of ether oxygens (including phenoxy) is 1. The van der Waals surface area contributed by atoms with Crippen molar-refractivity contribution in [1.82, 2.24) is 10.3 Å². The molecular weight excluding hydrogens is 180 g/mol. The minimum Gasteiger partial charge on any atom is -0.468 e. The first-order valence-corrected chi connectivity index (χ1v) is 4.49. The fourth-order valence-corrected chi connectivity index (χ4v) is 1.04. The highest BCUT2D eigenvalue weighted by Crippen LogP contribution is 1.94. The molecule has 76 valence electrons. The normalized spacial score (nSPS) is 9.79. The number of carbonyl (C=O) groups is 1. The van der Waals surface area contributed by atoms with Gasteiger partial charge in [0.15, 0.2) is 0 Å². The lowest BCUT2D eigenvalue weighted by Gasteiger charge is -2.02. The van der Waals surface area contributed by atoms with Crippen molar-refractivity contribution < 1.29 is 9.53 Å². The van der Waals surface area contributed by atoms with Gasteiger partial charge in [-0.15, -0.1) is 0 Å². The van der Waals surface area contributed by atoms with Crippen molar-refractivity contribution in [2.75, 3.05) is 20.2 Å². The van der Waals surface area contributed by atoms with Crippen LogP contribution in [0.25, 0.3) is 0 Å². The zero-order chi connectivity index (χ0) is 10.2. The van der Waals surface area contributed by atoms with Gasteiger partial charge >= 0.3 is 5.97 Å². The lowest BCUT2D eigenvalue weighted by atomic mass is 10.2. The summed E-state index contributed by atoms with van der Waals surface area (Å²) in [4.78, 5) is 14.7. The molecule has 1 rings (SSSR count). The molecule has 14 heavy (non-hydrogen) atoms. The van der Waals surface area contributed by atoms with Crippen molar-refractivity contribution in [2.24, 2.45) is 0 Å². The Morgan fingerprint density at radius 2 is 2.50 bits per heavy atom. The highest BCUT2D eigenvalue weighted by molar-refractivity contribution is 5.71. The summed E-state index contributed by atoms with van der Waals surface area (Å²) in [6.45, 7) is 1.01. The Kier molecular flexibility index (Phi) is 4.64. The SMILES string of the molecule is COC(=O)CNCCc1cccnc1. The number of nitrogens with zero attached hydrogens (tertiary/aromatic N) is 1. The molecule has 0 saturated heterocycles. The quantitative estimate of drug-likeness (QED) is 0.544. The van der Waals surface area contributed by atoms with Gasteiger partial charge < -0.3 is 10.1 Å². The van der Waals surface area contributed by atoms with Crippen LogP contribution < -0.4 is 5.32 Å². The van der Waals surface area contributed by atoms with E-state index in [0.717, 1.165) is 18.5 Å². The molecule has 4 nitrogen and oxygen atoms in total. The van der Waals surface area contributed by atoms with E-state index in [2.05, 4.69) is 15.0 Å². The van der Waals surface area contributed by atoms with Crippen LogP contribution >= 0.6 is 0 Å². The van der Waals surface area contributed by atoms with E-state index < -0.39 is 0 Å². The van der Waals surface area contributed by atoms with E-state index in [1.165, 1.54) is 7.11 Å². The predicted octanol–water partition coefficient (Wildman–Crippen LogP) is 0.387. The van der Waals surface area contributed by atoms with Crippen LogP contribution in [0.4, 0.5) is 0 Å². The van der Waals surface area contributed by atoms with Gasteiger partial charge in [-0.1, -0.05) is 6.07 Å². The second kappa shape index (κ2) is 6.10. The number of aromatic nitrogens is 1. The summed E-state index contributed by atoms with van der Waals surface area (Å²) in [7, 11) is 1.38. The van der Waals surface area contributed by atoms with Crippen molar-refractivity contribution in [3.8, 4) is 0 Å². The predicted molar refractivity (Wildman–Crippen MR) is 52.8 cm³/mol. The topological polar surface area (TPSA) is 51.2 Å². The van der Waals surface area contributed by atoms with Gasteiger partial charge in [-0.2, -0.15) is 0 Å². The number of methoxy groups -OCH3 is 1. The second-order valence-electron chi connectivity index (χ2n) is 2.86. The molecule has 1 aromatic heterocycles. The smallest absolute Gasteiger partial charge is 0.319 e. The van der Waals surface area contributed by atoms with Crippen LogP contribution in [-0.2, 0) is 16.0 Å². The van der Waals surface area contributed by atoms with E-state index >= 15 is 0 Å². The average Bonchev–Trinajstić information content (AvgIpc) is 2.25. The number of esters is 1. The first-order valence-electron chi connectivity index (χ1n) is 4.49. The third-order valence-corrected chi connectivity index (χ3v) is 1.81. The summed E-state index contributed by atoms with van der Waals surface area (Å²) in [5.41, 5.74) is 1.16. The largest absolute Gasteiger partial charge is 0.468 e. The molecule has 0 aliphatic carbocycles. The summed E-state index contributed by atoms with van der Waals surface area (Å²) in [6.07, 6.45) is 4.43. The van der Waals surface area contributed by atoms with E-state index in [9.17, 15) is 4.79 Å². The van der Waals surface area contributed by atoms with Crippen LogP contribution in [0, 0.1) is 0 Å². The van der Waals surface area contributed by atoms with Crippen molar-refractivity contribution >= 4 is 5.97 Å². The molecule has 0 fully saturated rings. The number of carbonyl (C=O) groups excluding carboxylic acids is 1. The van der Waals surface area contributed by atoms with Gasteiger partial charge in [-0.05, 0) is 24.6 Å². The molecule has 0 aromatic carbocycles. The van der Waals surface area contributed by atoms with Crippen LogP contribution in [0.5, 0.6) is 0 Å². The Hall–Kier alpha value is -1.42. The molecule has 0 spiro atoms. The third-order valence-electron chi connectivity index (χ3n) is 1.81. The summed E-state index contributed by atoms with van der Waals surface area (Å²) in [5.74, 6) is -0.240. The molecular formula is C10H14N2O2. The van der Waals surface area contributed by atoms with Crippen LogP contribution in [0.2, 0.25) is 0 Å². The fourth-order valence-electron chi connectivity index (χ4n) is 1.04. The van der Waals surface area contributed by atoms with Gasteiger partial charge in [0.25, 0.3) is 0 Å². The van der Waals surface area contributed by atoms with Gasteiger partial charge in [-0.3, -0.25) is 9.78 Å². The Morgan fingerprint density at radius 3 is 3.14 bits per heavy atom. The van der Waals surface area contributed by atoms with Crippen molar-refractivity contribution in [1.29, 1.82) is 0 Å². The molecule has 0 radical (unpaired) electrons. The standard InChI is InChI=1S/C10H14N2O2/c1-14-10(13)8-12-6-4-9-3-2-5-11-7-9/h2-3,5,7,12H,4,6,8H2,1H3. The van der Waals surface area contributed by atoms with Crippen LogP contribution in [0.1, 0.15) is 5.56 Å². The summed E-state index contributed by atoms with van der Waals surface area (Å²) < 4.78 is 4.49. The Bertz CT molecular complexity index is 275. The zero-order valence-corrected chi connectivity index (χ0v) is 8.19. The van der Waals surface area contributed by atoms with Crippen LogP contribution in [0.3, 0.4) is 0 Å². The fraction of sp³-hybridized carbons (Fsp3) is 0.400. The van der Waals surface area contributed by atoms with Crippen molar-refractivity contribution in [3.63, 3.8) is 0 Å². The molecule has 0 amide bonds. The summed E-state index contributed by atoms with van der Waals surface area (Å²) in [5, 5.41) is 2.98. The number of nitrogens with one attached hydrogen (secondary N) is 1. The van der Waals surface area contributed by atoms with Gasteiger partial charge in [-0.25, -0.2) is 0 Å². The Balaban J connectivity index is 2.13. The zero-order valence-electron chi connectivity index (χ0n) is 8.19. The number of hydrogen-bond acceptors (Lipinski definition) is 4. The average molecular weight is 194 g/mol. The van der Waals surface area contributed by atoms with Crippen LogP contribution in [-0.4, -0.2) is 31.2 Å². The van der Waals surface area contributed by atoms with E-state index in [1.54, 1.807) is 6.20 Å². The van der Waals surface area contributed by atoms with Gasteiger partial charge in [0, 0.05) is 12.4 Å². The van der Waals surface area contributed by atoms with Gasteiger partial charge in [0.1, 0.15) is 0 Å². The monoisotopic (exact) mass is 194 g/mol. The van der Waals surface area contributed by atoms with Crippen molar-refractivity contribution in [2.45, 2.75) is 6.42 Å². The first kappa shape index (κ1) is 10.7. The maximum absolute atomic E-state index is 10.7. The number of rotatable bonds is 5. The van der Waals surface area contributed by atoms with Crippen LogP contribution in [0.15, 0.2) is 24.5 Å². The molecule has 0 bridgehead atoms. The molecule has 0 aliphatic heterocycles. The molecule has 0 atom stereocenters. The molecule has 1 N–H and O–H groups in total. The Labute approximate surface area is 83.3 Å². The molecule has 1 aromatic rings. The lowest BCUT2D eigenvalue weighted by Crippen LogP contribution is -2.25. The van der Waals surface area contributed by atoms with Gasteiger partial charge in [0.05, 0.1) is 13.7 Å². The minimum atomic E-state index is -0.240. The first-order chi connectivity index (χ1) is 6.83. The highest BCUT2D eigenvalue weighted by atomic mass is 16.5. The minimum absolute atomic E-state index is 0.240. The Morgan fingerprint density at radius 1 is 1.64 bits per heavy atom. The summed E-state index contributed by atoms with van der Waals surface area (Å²) in [6, 6.07) is 3.91. The third kappa shape index (κ3) is 4.00. The molecule has 0 aliphatic rings. The molecule has 0 saturated carbocycles. The van der Waals surface area contributed by atoms with E-state index in [4.69, 9.17) is 0 Å². The van der Waals surface area contributed by atoms with Gasteiger partial charge in [0.2, 0.25) is 0 Å². The summed E-state index contributed by atoms with van der Waals surface area (Å²) >= 11 is 0. The molecule has 1 heterocycles. The van der Waals surface area contributed by atoms with Crippen molar-refractivity contribution in [3.05, 3.63) is 30.1 Å². The van der Waals surface area contributed by atoms with E-state index in [-0.39, 0.29) is 12.5 Å². The molecule has 0 unspecified atom stereocenters. The maximum Gasteiger partial charge on any atom is 0.319 e. The highest BCUT2D eigenvalue weighted by Gasteiger charge is 1.97.